The van der Waals surface area contributed by atoms with Gasteiger partial charge < -0.3 is 9.88 Å². The predicted molar refractivity (Wildman–Crippen MR) is 76.7 cm³/mol. The van der Waals surface area contributed by atoms with Crippen LogP contribution >= 0.6 is 0 Å². The molecule has 0 spiro atoms. The largest absolute Gasteiger partial charge is 0.380 e. The average Bonchev–Trinajstić information content (AvgIpc) is 2.82. The van der Waals surface area contributed by atoms with Gasteiger partial charge in [-0.05, 0) is 36.2 Å². The number of hydrogen-bond donors (Lipinski definition) is 1. The Morgan fingerprint density at radius 2 is 2.17 bits per heavy atom. The maximum Gasteiger partial charge on any atom is 0.0457 e. The molecule has 18 heavy (non-hydrogen) atoms. The van der Waals surface area contributed by atoms with Crippen molar-refractivity contribution in [3.8, 4) is 0 Å². The molecular weight excluding hydrogens is 220 g/mol. The minimum Gasteiger partial charge on any atom is -0.380 e. The third-order valence-corrected chi connectivity index (χ3v) is 4.01. The number of aromatic amines is 1. The van der Waals surface area contributed by atoms with E-state index in [4.69, 9.17) is 0 Å². The molecule has 0 saturated heterocycles. The number of nitrogens with zero attached hydrogens (tertiary/aromatic N) is 1. The molecule has 2 heterocycles. The van der Waals surface area contributed by atoms with E-state index in [0.717, 1.165) is 13.0 Å². The number of para-hydroxylation sites is 1. The second-order valence-electron chi connectivity index (χ2n) is 5.17. The summed E-state index contributed by atoms with van der Waals surface area (Å²) in [5.74, 6) is 0.586. The van der Waals surface area contributed by atoms with Crippen LogP contribution < -0.4 is 0 Å². The summed E-state index contributed by atoms with van der Waals surface area (Å²) in [5, 5.41) is 1.38. The van der Waals surface area contributed by atoms with Crippen molar-refractivity contribution < 1.29 is 0 Å². The normalized spacial score (nSPS) is 20.2. The summed E-state index contributed by atoms with van der Waals surface area (Å²) in [6.45, 7) is 3.40. The molecule has 1 N–H and O–H groups in total. The zero-order valence-electron chi connectivity index (χ0n) is 11.1. The molecule has 1 aromatic heterocycles. The van der Waals surface area contributed by atoms with Crippen LogP contribution in [0.3, 0.4) is 0 Å². The molecule has 1 aromatic carbocycles. The molecule has 0 radical (unpaired) electrons. The molecule has 0 fully saturated rings. The van der Waals surface area contributed by atoms with Crippen LogP contribution in [0.1, 0.15) is 31.2 Å². The van der Waals surface area contributed by atoms with Gasteiger partial charge in [-0.15, -0.1) is 0 Å². The van der Waals surface area contributed by atoms with Crippen LogP contribution in [0.2, 0.25) is 0 Å². The summed E-state index contributed by atoms with van der Waals surface area (Å²) in [4.78, 5) is 5.71. The molecule has 1 aliphatic rings. The Labute approximate surface area is 108 Å². The Balaban J connectivity index is 2.06. The SMILES string of the molecule is CCC1=CN(C)CCC1c1c[nH]c2ccccc12. The van der Waals surface area contributed by atoms with Crippen molar-refractivity contribution in [1.82, 2.24) is 9.88 Å². The molecule has 0 saturated carbocycles. The molecule has 1 unspecified atom stereocenters. The van der Waals surface area contributed by atoms with Crippen molar-refractivity contribution >= 4 is 10.9 Å². The Hall–Kier alpha value is -1.70. The quantitative estimate of drug-likeness (QED) is 0.844. The maximum atomic E-state index is 3.40. The van der Waals surface area contributed by atoms with Crippen LogP contribution in [0.4, 0.5) is 0 Å². The van der Waals surface area contributed by atoms with E-state index in [1.54, 1.807) is 5.57 Å². The molecule has 1 aliphatic heterocycles. The molecule has 0 aliphatic carbocycles. The Morgan fingerprint density at radius 3 is 3.00 bits per heavy atom. The van der Waals surface area contributed by atoms with E-state index in [9.17, 15) is 0 Å². The molecule has 0 bridgehead atoms. The van der Waals surface area contributed by atoms with Gasteiger partial charge in [-0.25, -0.2) is 0 Å². The van der Waals surface area contributed by atoms with E-state index >= 15 is 0 Å². The maximum absolute atomic E-state index is 3.40. The highest BCUT2D eigenvalue weighted by Crippen LogP contribution is 2.36. The first kappa shape index (κ1) is 11.4. The van der Waals surface area contributed by atoms with E-state index < -0.39 is 0 Å². The van der Waals surface area contributed by atoms with Crippen molar-refractivity contribution in [2.75, 3.05) is 13.6 Å². The summed E-state index contributed by atoms with van der Waals surface area (Å²) >= 11 is 0. The predicted octanol–water partition coefficient (Wildman–Crippen LogP) is 3.88. The van der Waals surface area contributed by atoms with Gasteiger partial charge in [0.1, 0.15) is 0 Å². The summed E-state index contributed by atoms with van der Waals surface area (Å²) < 4.78 is 0. The lowest BCUT2D eigenvalue weighted by Crippen LogP contribution is -2.22. The monoisotopic (exact) mass is 240 g/mol. The standard InChI is InChI=1S/C16H20N2/c1-3-12-11-18(2)9-8-13(12)15-10-17-16-7-5-4-6-14(15)16/h4-7,10-11,13,17H,3,8-9H2,1-2H3. The second kappa shape index (κ2) is 4.52. The Kier molecular flexibility index (Phi) is 2.86. The van der Waals surface area contributed by atoms with E-state index in [0.29, 0.717) is 5.92 Å². The number of aromatic nitrogens is 1. The molecule has 94 valence electrons. The number of fused-ring (bicyclic) bond motifs is 1. The lowest BCUT2D eigenvalue weighted by Gasteiger charge is -2.29. The van der Waals surface area contributed by atoms with Crippen molar-refractivity contribution in [2.45, 2.75) is 25.7 Å². The number of allylic oxidation sites excluding steroid dienone is 1. The van der Waals surface area contributed by atoms with Gasteiger partial charge in [-0.2, -0.15) is 0 Å². The van der Waals surface area contributed by atoms with E-state index in [1.165, 1.54) is 22.9 Å². The number of rotatable bonds is 2. The number of nitrogens with one attached hydrogen (secondary N) is 1. The third-order valence-electron chi connectivity index (χ3n) is 4.01. The van der Waals surface area contributed by atoms with Gasteiger partial charge in [0.05, 0.1) is 0 Å². The van der Waals surface area contributed by atoms with Crippen LogP contribution in [0.15, 0.2) is 42.2 Å². The van der Waals surface area contributed by atoms with Crippen LogP contribution in [0.25, 0.3) is 10.9 Å². The lowest BCUT2D eigenvalue weighted by molar-refractivity contribution is 0.393. The lowest BCUT2D eigenvalue weighted by atomic mass is 9.85. The summed E-state index contributed by atoms with van der Waals surface area (Å²) in [7, 11) is 2.17. The minimum absolute atomic E-state index is 0.586. The fourth-order valence-corrected chi connectivity index (χ4v) is 3.03. The van der Waals surface area contributed by atoms with Crippen LogP contribution in [-0.2, 0) is 0 Å². The van der Waals surface area contributed by atoms with E-state index in [1.807, 2.05) is 0 Å². The average molecular weight is 240 g/mol. The topological polar surface area (TPSA) is 19.0 Å². The zero-order chi connectivity index (χ0) is 12.5. The number of benzene rings is 1. The zero-order valence-corrected chi connectivity index (χ0v) is 11.1. The molecular formula is C16H20N2. The van der Waals surface area contributed by atoms with E-state index in [-0.39, 0.29) is 0 Å². The third kappa shape index (κ3) is 1.82. The first-order valence-corrected chi connectivity index (χ1v) is 6.76. The Bertz CT molecular complexity index is 580. The summed E-state index contributed by atoms with van der Waals surface area (Å²) in [6.07, 6.45) is 6.88. The molecule has 2 nitrogen and oxygen atoms in total. The van der Waals surface area contributed by atoms with Crippen molar-refractivity contribution in [2.24, 2.45) is 0 Å². The van der Waals surface area contributed by atoms with E-state index in [2.05, 4.69) is 60.5 Å². The smallest absolute Gasteiger partial charge is 0.0457 e. The van der Waals surface area contributed by atoms with Gasteiger partial charge in [0.25, 0.3) is 0 Å². The first-order valence-electron chi connectivity index (χ1n) is 6.76. The Morgan fingerprint density at radius 1 is 1.33 bits per heavy atom. The minimum atomic E-state index is 0.586. The summed E-state index contributed by atoms with van der Waals surface area (Å²) in [6, 6.07) is 8.60. The fraction of sp³-hybridized carbons (Fsp3) is 0.375. The molecule has 1 atom stereocenters. The molecule has 2 aromatic rings. The highest BCUT2D eigenvalue weighted by atomic mass is 15.1. The highest BCUT2D eigenvalue weighted by molar-refractivity contribution is 5.84. The van der Waals surface area contributed by atoms with Crippen LogP contribution in [0, 0.1) is 0 Å². The number of hydrogen-bond acceptors (Lipinski definition) is 1. The summed E-state index contributed by atoms with van der Waals surface area (Å²) in [5.41, 5.74) is 4.27. The van der Waals surface area contributed by atoms with Gasteiger partial charge in [-0.3, -0.25) is 0 Å². The van der Waals surface area contributed by atoms with Gasteiger partial charge in [0.2, 0.25) is 0 Å². The first-order chi connectivity index (χ1) is 8.79. The van der Waals surface area contributed by atoms with Crippen molar-refractivity contribution in [3.63, 3.8) is 0 Å². The fourth-order valence-electron chi connectivity index (χ4n) is 3.03. The van der Waals surface area contributed by atoms with Gasteiger partial charge >= 0.3 is 0 Å². The molecule has 0 amide bonds. The van der Waals surface area contributed by atoms with Crippen molar-refractivity contribution in [3.05, 3.63) is 47.8 Å². The van der Waals surface area contributed by atoms with Gasteiger partial charge in [0.15, 0.2) is 0 Å². The number of H-pyrrole nitrogens is 1. The highest BCUT2D eigenvalue weighted by Gasteiger charge is 2.22. The molecule has 2 heteroatoms. The molecule has 3 rings (SSSR count). The van der Waals surface area contributed by atoms with Crippen molar-refractivity contribution in [1.29, 1.82) is 0 Å². The van der Waals surface area contributed by atoms with Crippen LogP contribution in [0.5, 0.6) is 0 Å². The van der Waals surface area contributed by atoms with Gasteiger partial charge in [-0.1, -0.05) is 25.1 Å². The second-order valence-corrected chi connectivity index (χ2v) is 5.17. The van der Waals surface area contributed by atoms with Gasteiger partial charge in [0, 0.05) is 36.6 Å². The van der Waals surface area contributed by atoms with Crippen LogP contribution in [-0.4, -0.2) is 23.5 Å².